The summed E-state index contributed by atoms with van der Waals surface area (Å²) in [7, 11) is 0. The number of carbonyl (C=O) groups is 1. The standard InChI is InChI=1S/C11H19N3O/c1-8(2)7-12-11(15)10(4)14-9(3)5-6-13-14/h5-6,8,10H,7H2,1-4H3,(H,12,15). The van der Waals surface area contributed by atoms with E-state index in [1.165, 1.54) is 0 Å². The minimum atomic E-state index is -0.237. The minimum absolute atomic E-state index is 0.0236. The molecule has 1 N–H and O–H groups in total. The zero-order valence-electron chi connectivity index (χ0n) is 9.82. The minimum Gasteiger partial charge on any atom is -0.354 e. The van der Waals surface area contributed by atoms with Crippen molar-refractivity contribution in [1.29, 1.82) is 0 Å². The number of hydrogen-bond donors (Lipinski definition) is 1. The molecule has 1 heterocycles. The van der Waals surface area contributed by atoms with E-state index in [0.29, 0.717) is 12.5 Å². The second-order valence-corrected chi connectivity index (χ2v) is 4.23. The highest BCUT2D eigenvalue weighted by Gasteiger charge is 2.16. The summed E-state index contributed by atoms with van der Waals surface area (Å²) in [5.41, 5.74) is 1.00. The average Bonchev–Trinajstić information content (AvgIpc) is 2.59. The maximum absolute atomic E-state index is 11.7. The van der Waals surface area contributed by atoms with Gasteiger partial charge in [0.05, 0.1) is 0 Å². The van der Waals surface area contributed by atoms with Crippen LogP contribution in [0.25, 0.3) is 0 Å². The van der Waals surface area contributed by atoms with Gasteiger partial charge in [0, 0.05) is 18.4 Å². The molecule has 4 nitrogen and oxygen atoms in total. The molecule has 0 radical (unpaired) electrons. The molecule has 0 aliphatic heterocycles. The van der Waals surface area contributed by atoms with Crippen LogP contribution in [-0.2, 0) is 4.79 Å². The van der Waals surface area contributed by atoms with Crippen molar-refractivity contribution in [1.82, 2.24) is 15.1 Å². The molecule has 0 bridgehead atoms. The Morgan fingerprint density at radius 2 is 2.20 bits per heavy atom. The maximum Gasteiger partial charge on any atom is 0.244 e. The number of amides is 1. The summed E-state index contributed by atoms with van der Waals surface area (Å²) in [5, 5.41) is 7.02. The smallest absolute Gasteiger partial charge is 0.244 e. The summed E-state index contributed by atoms with van der Waals surface area (Å²) in [4.78, 5) is 11.7. The molecule has 1 unspecified atom stereocenters. The van der Waals surface area contributed by atoms with E-state index in [4.69, 9.17) is 0 Å². The predicted molar refractivity (Wildman–Crippen MR) is 59.5 cm³/mol. The molecule has 15 heavy (non-hydrogen) atoms. The summed E-state index contributed by atoms with van der Waals surface area (Å²) in [6.45, 7) is 8.66. The van der Waals surface area contributed by atoms with E-state index in [9.17, 15) is 4.79 Å². The van der Waals surface area contributed by atoms with Gasteiger partial charge < -0.3 is 5.32 Å². The Balaban J connectivity index is 2.57. The first kappa shape index (κ1) is 11.8. The van der Waals surface area contributed by atoms with Crippen LogP contribution in [0.2, 0.25) is 0 Å². The van der Waals surface area contributed by atoms with Gasteiger partial charge in [0.25, 0.3) is 0 Å². The molecule has 1 amide bonds. The largest absolute Gasteiger partial charge is 0.354 e. The molecule has 4 heteroatoms. The van der Waals surface area contributed by atoms with E-state index in [-0.39, 0.29) is 11.9 Å². The van der Waals surface area contributed by atoms with Crippen molar-refractivity contribution in [2.24, 2.45) is 5.92 Å². The zero-order chi connectivity index (χ0) is 11.4. The van der Waals surface area contributed by atoms with Gasteiger partial charge in [-0.3, -0.25) is 9.48 Å². The second-order valence-electron chi connectivity index (χ2n) is 4.23. The van der Waals surface area contributed by atoms with E-state index >= 15 is 0 Å². The molecular formula is C11H19N3O. The van der Waals surface area contributed by atoms with Gasteiger partial charge in [0.2, 0.25) is 5.91 Å². The fraction of sp³-hybridized carbons (Fsp3) is 0.636. The second kappa shape index (κ2) is 4.96. The number of rotatable bonds is 4. The number of nitrogens with one attached hydrogen (secondary N) is 1. The van der Waals surface area contributed by atoms with Crippen LogP contribution in [0.5, 0.6) is 0 Å². The van der Waals surface area contributed by atoms with Gasteiger partial charge in [0.15, 0.2) is 0 Å². The molecule has 0 saturated carbocycles. The van der Waals surface area contributed by atoms with Crippen LogP contribution < -0.4 is 5.32 Å². The summed E-state index contributed by atoms with van der Waals surface area (Å²) in [5.74, 6) is 0.496. The molecule has 0 aliphatic rings. The summed E-state index contributed by atoms with van der Waals surface area (Å²) < 4.78 is 1.73. The van der Waals surface area contributed by atoms with Gasteiger partial charge in [-0.25, -0.2) is 0 Å². The van der Waals surface area contributed by atoms with E-state index in [1.807, 2.05) is 19.9 Å². The quantitative estimate of drug-likeness (QED) is 0.817. The van der Waals surface area contributed by atoms with Crippen LogP contribution in [0.4, 0.5) is 0 Å². The molecule has 0 aliphatic carbocycles. The lowest BCUT2D eigenvalue weighted by Gasteiger charge is -2.15. The van der Waals surface area contributed by atoms with Gasteiger partial charge in [-0.05, 0) is 25.8 Å². The first-order valence-corrected chi connectivity index (χ1v) is 5.30. The first-order chi connectivity index (χ1) is 7.02. The van der Waals surface area contributed by atoms with E-state index in [0.717, 1.165) is 5.69 Å². The van der Waals surface area contributed by atoms with Gasteiger partial charge in [0.1, 0.15) is 6.04 Å². The van der Waals surface area contributed by atoms with Crippen molar-refractivity contribution >= 4 is 5.91 Å². The average molecular weight is 209 g/mol. The monoisotopic (exact) mass is 209 g/mol. The van der Waals surface area contributed by atoms with E-state index < -0.39 is 0 Å². The summed E-state index contributed by atoms with van der Waals surface area (Å²) in [6, 6.07) is 1.66. The lowest BCUT2D eigenvalue weighted by Crippen LogP contribution is -2.34. The Hall–Kier alpha value is -1.32. The van der Waals surface area contributed by atoms with Crippen LogP contribution in [0.1, 0.15) is 32.5 Å². The van der Waals surface area contributed by atoms with Gasteiger partial charge >= 0.3 is 0 Å². The first-order valence-electron chi connectivity index (χ1n) is 5.30. The Morgan fingerprint density at radius 1 is 1.53 bits per heavy atom. The van der Waals surface area contributed by atoms with E-state index in [1.54, 1.807) is 10.9 Å². The summed E-state index contributed by atoms with van der Waals surface area (Å²) >= 11 is 0. The van der Waals surface area contributed by atoms with E-state index in [2.05, 4.69) is 24.3 Å². The number of hydrogen-bond acceptors (Lipinski definition) is 2. The molecule has 1 rings (SSSR count). The van der Waals surface area contributed by atoms with Gasteiger partial charge in [-0.15, -0.1) is 0 Å². The maximum atomic E-state index is 11.7. The fourth-order valence-electron chi connectivity index (χ4n) is 1.35. The third-order valence-electron chi connectivity index (χ3n) is 2.30. The van der Waals surface area contributed by atoms with Crippen molar-refractivity contribution < 1.29 is 4.79 Å². The lowest BCUT2D eigenvalue weighted by atomic mass is 10.2. The Bertz CT molecular complexity index is 330. The number of nitrogens with zero attached hydrogens (tertiary/aromatic N) is 2. The Labute approximate surface area is 90.7 Å². The molecule has 1 aromatic heterocycles. The normalized spacial score (nSPS) is 12.9. The van der Waals surface area contributed by atoms with Crippen LogP contribution >= 0.6 is 0 Å². The van der Waals surface area contributed by atoms with Gasteiger partial charge in [-0.1, -0.05) is 13.8 Å². The Kier molecular flexibility index (Phi) is 3.88. The highest BCUT2D eigenvalue weighted by Crippen LogP contribution is 2.07. The molecule has 84 valence electrons. The number of aromatic nitrogens is 2. The van der Waals surface area contributed by atoms with Crippen LogP contribution in [0, 0.1) is 12.8 Å². The number of aryl methyl sites for hydroxylation is 1. The Morgan fingerprint density at radius 3 is 2.67 bits per heavy atom. The highest BCUT2D eigenvalue weighted by atomic mass is 16.2. The lowest BCUT2D eigenvalue weighted by molar-refractivity contribution is -0.124. The topological polar surface area (TPSA) is 46.9 Å². The fourth-order valence-corrected chi connectivity index (χ4v) is 1.35. The number of carbonyl (C=O) groups excluding carboxylic acids is 1. The SMILES string of the molecule is Cc1ccnn1C(C)C(=O)NCC(C)C. The molecule has 0 saturated heterocycles. The van der Waals surface area contributed by atoms with Crippen LogP contribution in [0.15, 0.2) is 12.3 Å². The third-order valence-corrected chi connectivity index (χ3v) is 2.30. The zero-order valence-corrected chi connectivity index (χ0v) is 9.82. The molecule has 1 aromatic rings. The van der Waals surface area contributed by atoms with Crippen LogP contribution in [-0.4, -0.2) is 22.2 Å². The van der Waals surface area contributed by atoms with Gasteiger partial charge in [-0.2, -0.15) is 5.10 Å². The predicted octanol–water partition coefficient (Wildman–Crippen LogP) is 1.52. The van der Waals surface area contributed by atoms with Crippen LogP contribution in [0.3, 0.4) is 0 Å². The molecule has 0 aromatic carbocycles. The van der Waals surface area contributed by atoms with Crippen molar-refractivity contribution in [3.8, 4) is 0 Å². The summed E-state index contributed by atoms with van der Waals surface area (Å²) in [6.07, 6.45) is 1.71. The van der Waals surface area contributed by atoms with Crippen molar-refractivity contribution in [2.75, 3.05) is 6.54 Å². The molecule has 0 fully saturated rings. The van der Waals surface area contributed by atoms with Crippen molar-refractivity contribution in [2.45, 2.75) is 33.7 Å². The molecular weight excluding hydrogens is 190 g/mol. The molecule has 0 spiro atoms. The van der Waals surface area contributed by atoms with Crippen molar-refractivity contribution in [3.63, 3.8) is 0 Å². The third kappa shape index (κ3) is 3.08. The highest BCUT2D eigenvalue weighted by molar-refractivity contribution is 5.79. The molecule has 1 atom stereocenters. The van der Waals surface area contributed by atoms with Crippen molar-refractivity contribution in [3.05, 3.63) is 18.0 Å².